The Labute approximate surface area is 207 Å². The number of nitrogens with one attached hydrogen (secondary N) is 1. The monoisotopic (exact) mass is 503 g/mol. The third kappa shape index (κ3) is 6.83. The zero-order valence-electron chi connectivity index (χ0n) is 20.2. The van der Waals surface area contributed by atoms with Gasteiger partial charge in [-0.1, -0.05) is 63.3 Å². The Balaban J connectivity index is 1.81. The minimum atomic E-state index is -3.67. The summed E-state index contributed by atoms with van der Waals surface area (Å²) in [6.07, 6.45) is 6.80. The number of sulfonamides is 1. The van der Waals surface area contributed by atoms with Crippen molar-refractivity contribution in [1.29, 1.82) is 0 Å². The lowest BCUT2D eigenvalue weighted by atomic mass is 10.1. The van der Waals surface area contributed by atoms with Gasteiger partial charge in [-0.3, -0.25) is 4.79 Å². The molecule has 0 saturated heterocycles. The summed E-state index contributed by atoms with van der Waals surface area (Å²) in [5, 5.41) is 0.710. The number of aromatic nitrogens is 2. The van der Waals surface area contributed by atoms with Gasteiger partial charge >= 0.3 is 0 Å². The van der Waals surface area contributed by atoms with E-state index in [-0.39, 0.29) is 11.3 Å². The highest BCUT2D eigenvalue weighted by Gasteiger charge is 2.18. The van der Waals surface area contributed by atoms with E-state index >= 15 is 0 Å². The summed E-state index contributed by atoms with van der Waals surface area (Å²) in [6, 6.07) is 11.2. The number of halogens is 1. The number of hydrogen-bond acceptors (Lipinski definition) is 4. The second kappa shape index (κ2) is 11.8. The lowest BCUT2D eigenvalue weighted by Gasteiger charge is -2.11. The maximum absolute atomic E-state index is 12.7. The maximum atomic E-state index is 12.7. The highest BCUT2D eigenvalue weighted by atomic mass is 35.5. The maximum Gasteiger partial charge on any atom is 0.264 e. The van der Waals surface area contributed by atoms with Crippen LogP contribution in [0.1, 0.15) is 79.7 Å². The van der Waals surface area contributed by atoms with E-state index in [2.05, 4.69) is 22.7 Å². The summed E-state index contributed by atoms with van der Waals surface area (Å²) in [7, 11) is -3.67. The molecule has 0 aliphatic rings. The van der Waals surface area contributed by atoms with Crippen molar-refractivity contribution in [3.8, 4) is 0 Å². The van der Waals surface area contributed by atoms with Crippen LogP contribution in [-0.2, 0) is 23.0 Å². The zero-order chi connectivity index (χ0) is 24.7. The molecule has 0 saturated carbocycles. The molecule has 34 heavy (non-hydrogen) atoms. The molecule has 1 heterocycles. The smallest absolute Gasteiger partial charge is 0.264 e. The minimum Gasteiger partial charge on any atom is -0.324 e. The molecule has 0 spiro atoms. The molecule has 1 aromatic heterocycles. The van der Waals surface area contributed by atoms with Gasteiger partial charge in [-0.15, -0.1) is 0 Å². The van der Waals surface area contributed by atoms with Crippen molar-refractivity contribution >= 4 is 38.6 Å². The third-order valence-electron chi connectivity index (χ3n) is 5.98. The van der Waals surface area contributed by atoms with Crippen LogP contribution in [0.15, 0.2) is 36.4 Å². The van der Waals surface area contributed by atoms with E-state index in [4.69, 9.17) is 11.6 Å². The highest BCUT2D eigenvalue weighted by molar-refractivity contribution is 7.90. The molecule has 0 atom stereocenters. The molecule has 1 amide bonds. The minimum absolute atomic E-state index is 0.0567. The number of aryl methyl sites for hydroxylation is 2. The fraction of sp³-hybridized carbons (Fsp3) is 0.462. The number of hydrogen-bond donors (Lipinski definition) is 1. The quantitative estimate of drug-likeness (QED) is 0.306. The van der Waals surface area contributed by atoms with E-state index in [0.717, 1.165) is 48.1 Å². The number of benzene rings is 2. The van der Waals surface area contributed by atoms with Crippen LogP contribution >= 0.6 is 11.6 Å². The van der Waals surface area contributed by atoms with E-state index in [1.165, 1.54) is 18.4 Å². The number of fused-ring (bicyclic) bond motifs is 1. The Morgan fingerprint density at radius 3 is 2.47 bits per heavy atom. The molecule has 0 bridgehead atoms. The summed E-state index contributed by atoms with van der Waals surface area (Å²) in [5.74, 6) is 0.111. The topological polar surface area (TPSA) is 81.1 Å². The van der Waals surface area contributed by atoms with E-state index in [1.807, 2.05) is 30.5 Å². The van der Waals surface area contributed by atoms with Crippen molar-refractivity contribution in [2.45, 2.75) is 72.3 Å². The Morgan fingerprint density at radius 1 is 1.03 bits per heavy atom. The van der Waals surface area contributed by atoms with Gasteiger partial charge in [-0.05, 0) is 61.6 Å². The van der Waals surface area contributed by atoms with Gasteiger partial charge in [0, 0.05) is 10.6 Å². The number of rotatable bonds is 12. The van der Waals surface area contributed by atoms with E-state index < -0.39 is 15.9 Å². The fourth-order valence-electron chi connectivity index (χ4n) is 4.00. The Bertz CT molecular complexity index is 1250. The lowest BCUT2D eigenvalue weighted by molar-refractivity contribution is 0.0981. The van der Waals surface area contributed by atoms with E-state index in [9.17, 15) is 13.2 Å². The second-order valence-corrected chi connectivity index (χ2v) is 11.0. The molecule has 0 aliphatic carbocycles. The lowest BCUT2D eigenvalue weighted by Crippen LogP contribution is -2.32. The van der Waals surface area contributed by atoms with Crippen LogP contribution in [0.2, 0.25) is 5.02 Å². The highest BCUT2D eigenvalue weighted by Crippen LogP contribution is 2.24. The van der Waals surface area contributed by atoms with Crippen molar-refractivity contribution in [3.63, 3.8) is 0 Å². The van der Waals surface area contributed by atoms with Crippen LogP contribution in [0.3, 0.4) is 0 Å². The first-order valence-corrected chi connectivity index (χ1v) is 14.1. The predicted molar refractivity (Wildman–Crippen MR) is 139 cm³/mol. The predicted octanol–water partition coefficient (Wildman–Crippen LogP) is 6.03. The van der Waals surface area contributed by atoms with Crippen molar-refractivity contribution in [1.82, 2.24) is 14.3 Å². The van der Waals surface area contributed by atoms with Gasteiger partial charge in [-0.25, -0.2) is 18.1 Å². The number of carbonyl (C=O) groups excluding carboxylic acids is 1. The number of unbranched alkanes of at least 4 members (excludes halogenated alkanes) is 4. The number of nitrogens with zero attached hydrogens (tertiary/aromatic N) is 2. The van der Waals surface area contributed by atoms with Gasteiger partial charge in [0.05, 0.1) is 23.3 Å². The van der Waals surface area contributed by atoms with Crippen LogP contribution in [-0.4, -0.2) is 29.6 Å². The van der Waals surface area contributed by atoms with Crippen molar-refractivity contribution in [2.24, 2.45) is 0 Å². The van der Waals surface area contributed by atoms with Crippen molar-refractivity contribution in [3.05, 3.63) is 63.9 Å². The van der Waals surface area contributed by atoms with Crippen LogP contribution in [0.4, 0.5) is 0 Å². The first kappa shape index (κ1) is 26.2. The molecule has 6 nitrogen and oxygen atoms in total. The summed E-state index contributed by atoms with van der Waals surface area (Å²) < 4.78 is 28.7. The molecular weight excluding hydrogens is 470 g/mol. The molecule has 0 unspecified atom stereocenters. The third-order valence-corrected chi connectivity index (χ3v) is 7.66. The summed E-state index contributed by atoms with van der Waals surface area (Å²) in [6.45, 7) is 6.61. The van der Waals surface area contributed by atoms with Gasteiger partial charge in [0.1, 0.15) is 5.82 Å². The van der Waals surface area contributed by atoms with E-state index in [1.54, 1.807) is 18.2 Å². The SMILES string of the molecule is CCCCCc1ccc(Cn2c(C)nc3ccc(C(=O)NS(=O)(=O)CCCCC)cc32)c(Cl)c1. The zero-order valence-corrected chi connectivity index (χ0v) is 21.8. The first-order valence-electron chi connectivity index (χ1n) is 12.0. The van der Waals surface area contributed by atoms with Gasteiger partial charge < -0.3 is 4.57 Å². The van der Waals surface area contributed by atoms with Crippen LogP contribution in [0.5, 0.6) is 0 Å². The molecule has 2 aromatic carbocycles. The molecular formula is C26H34ClN3O3S. The van der Waals surface area contributed by atoms with Gasteiger partial charge in [0.15, 0.2) is 0 Å². The molecule has 1 N–H and O–H groups in total. The summed E-state index contributed by atoms with van der Waals surface area (Å²) in [4.78, 5) is 17.3. The fourth-order valence-corrected chi connectivity index (χ4v) is 5.35. The Morgan fingerprint density at radius 2 is 1.76 bits per heavy atom. The van der Waals surface area contributed by atoms with Crippen molar-refractivity contribution in [2.75, 3.05) is 5.75 Å². The Kier molecular flexibility index (Phi) is 9.14. The van der Waals surface area contributed by atoms with Gasteiger partial charge in [0.2, 0.25) is 10.0 Å². The summed E-state index contributed by atoms with van der Waals surface area (Å²) >= 11 is 6.60. The van der Waals surface area contributed by atoms with E-state index in [0.29, 0.717) is 18.0 Å². The molecule has 8 heteroatoms. The average molecular weight is 504 g/mol. The molecule has 3 rings (SSSR count). The molecule has 184 valence electrons. The van der Waals surface area contributed by atoms with Gasteiger partial charge in [-0.2, -0.15) is 0 Å². The van der Waals surface area contributed by atoms with Crippen LogP contribution < -0.4 is 4.72 Å². The van der Waals surface area contributed by atoms with Crippen LogP contribution in [0.25, 0.3) is 11.0 Å². The largest absolute Gasteiger partial charge is 0.324 e. The van der Waals surface area contributed by atoms with Crippen LogP contribution in [0, 0.1) is 6.92 Å². The molecule has 0 fully saturated rings. The molecule has 0 radical (unpaired) electrons. The normalized spacial score (nSPS) is 11.8. The average Bonchev–Trinajstić information content (AvgIpc) is 3.09. The summed E-state index contributed by atoms with van der Waals surface area (Å²) in [5.41, 5.74) is 3.99. The number of amides is 1. The Hall–Kier alpha value is -2.38. The molecule has 0 aliphatic heterocycles. The van der Waals surface area contributed by atoms with Gasteiger partial charge in [0.25, 0.3) is 5.91 Å². The number of imidazole rings is 1. The standard InChI is InChI=1S/C26H34ClN3O3S/c1-4-6-8-10-20-11-12-22(23(27)16-20)18-30-19(3)28-24-14-13-21(17-25(24)30)26(31)29-34(32,33)15-9-7-5-2/h11-14,16-17H,4-10,15,18H2,1-3H3,(H,29,31). The number of carbonyl (C=O) groups is 1. The molecule has 3 aromatic rings. The first-order chi connectivity index (χ1) is 16.2. The van der Waals surface area contributed by atoms with Crippen molar-refractivity contribution < 1.29 is 13.2 Å². The second-order valence-electron chi connectivity index (χ2n) is 8.79.